The second kappa shape index (κ2) is 4.10. The molecule has 2 heterocycles. The SMILES string of the molecule is O=C(O)c1cn(C2CN(C3CCCC3)C2)nn1. The van der Waals surface area contributed by atoms with Crippen LogP contribution in [-0.4, -0.2) is 50.1 Å². The minimum atomic E-state index is -1.01. The van der Waals surface area contributed by atoms with E-state index < -0.39 is 5.97 Å². The summed E-state index contributed by atoms with van der Waals surface area (Å²) in [4.78, 5) is 13.2. The van der Waals surface area contributed by atoms with E-state index in [1.54, 1.807) is 4.68 Å². The summed E-state index contributed by atoms with van der Waals surface area (Å²) >= 11 is 0. The molecule has 92 valence electrons. The van der Waals surface area contributed by atoms with Crippen LogP contribution in [0.2, 0.25) is 0 Å². The van der Waals surface area contributed by atoms with Crippen LogP contribution in [0, 0.1) is 0 Å². The largest absolute Gasteiger partial charge is 0.476 e. The van der Waals surface area contributed by atoms with E-state index in [0.717, 1.165) is 19.1 Å². The summed E-state index contributed by atoms with van der Waals surface area (Å²) in [6.45, 7) is 1.96. The second-order valence-corrected chi connectivity index (χ2v) is 4.93. The van der Waals surface area contributed by atoms with Gasteiger partial charge < -0.3 is 5.11 Å². The smallest absolute Gasteiger partial charge is 0.358 e. The van der Waals surface area contributed by atoms with Gasteiger partial charge in [-0.2, -0.15) is 0 Å². The molecule has 0 amide bonds. The second-order valence-electron chi connectivity index (χ2n) is 4.93. The van der Waals surface area contributed by atoms with E-state index in [0.29, 0.717) is 6.04 Å². The normalized spacial score (nSPS) is 22.8. The predicted molar refractivity (Wildman–Crippen MR) is 59.8 cm³/mol. The van der Waals surface area contributed by atoms with Crippen LogP contribution in [-0.2, 0) is 0 Å². The zero-order valence-corrected chi connectivity index (χ0v) is 9.62. The molecule has 0 atom stereocenters. The summed E-state index contributed by atoms with van der Waals surface area (Å²) in [5.74, 6) is -1.01. The Morgan fingerprint density at radius 3 is 2.59 bits per heavy atom. The highest BCUT2D eigenvalue weighted by atomic mass is 16.4. The van der Waals surface area contributed by atoms with Crippen molar-refractivity contribution in [2.45, 2.75) is 37.8 Å². The van der Waals surface area contributed by atoms with Gasteiger partial charge in [-0.05, 0) is 12.8 Å². The van der Waals surface area contributed by atoms with Crippen molar-refractivity contribution in [2.75, 3.05) is 13.1 Å². The molecule has 3 rings (SSSR count). The zero-order valence-electron chi connectivity index (χ0n) is 9.62. The maximum absolute atomic E-state index is 10.7. The molecule has 1 N–H and O–H groups in total. The van der Waals surface area contributed by atoms with Crippen molar-refractivity contribution in [3.8, 4) is 0 Å². The topological polar surface area (TPSA) is 71.2 Å². The molecular formula is C11H16N4O2. The minimum absolute atomic E-state index is 0.0318. The van der Waals surface area contributed by atoms with E-state index in [1.165, 1.54) is 31.9 Å². The number of likely N-dealkylation sites (tertiary alicyclic amines) is 1. The number of hydrogen-bond acceptors (Lipinski definition) is 4. The molecule has 0 unspecified atom stereocenters. The minimum Gasteiger partial charge on any atom is -0.476 e. The number of carbonyl (C=O) groups is 1. The molecule has 1 saturated heterocycles. The van der Waals surface area contributed by atoms with E-state index in [4.69, 9.17) is 5.11 Å². The Morgan fingerprint density at radius 1 is 1.29 bits per heavy atom. The van der Waals surface area contributed by atoms with Gasteiger partial charge in [-0.3, -0.25) is 4.90 Å². The Bertz CT molecular complexity index is 419. The van der Waals surface area contributed by atoms with Gasteiger partial charge in [-0.25, -0.2) is 9.48 Å². The highest BCUT2D eigenvalue weighted by Crippen LogP contribution is 2.31. The number of nitrogens with zero attached hydrogens (tertiary/aromatic N) is 4. The van der Waals surface area contributed by atoms with Gasteiger partial charge in [0, 0.05) is 19.1 Å². The lowest BCUT2D eigenvalue weighted by Gasteiger charge is -2.42. The van der Waals surface area contributed by atoms with Crippen molar-refractivity contribution in [1.29, 1.82) is 0 Å². The Kier molecular flexibility index (Phi) is 2.58. The van der Waals surface area contributed by atoms with Gasteiger partial charge in [0.05, 0.1) is 12.2 Å². The van der Waals surface area contributed by atoms with Crippen LogP contribution in [0.3, 0.4) is 0 Å². The van der Waals surface area contributed by atoms with Gasteiger partial charge in [-0.15, -0.1) is 5.10 Å². The molecular weight excluding hydrogens is 220 g/mol. The quantitative estimate of drug-likeness (QED) is 0.839. The summed E-state index contributed by atoms with van der Waals surface area (Å²) in [6.07, 6.45) is 6.84. The van der Waals surface area contributed by atoms with Crippen LogP contribution < -0.4 is 0 Å². The van der Waals surface area contributed by atoms with Gasteiger partial charge in [0.1, 0.15) is 0 Å². The van der Waals surface area contributed by atoms with Crippen LogP contribution in [0.25, 0.3) is 0 Å². The van der Waals surface area contributed by atoms with Crippen molar-refractivity contribution in [2.24, 2.45) is 0 Å². The lowest BCUT2D eigenvalue weighted by molar-refractivity contribution is 0.0543. The molecule has 1 aliphatic heterocycles. The zero-order chi connectivity index (χ0) is 11.8. The highest BCUT2D eigenvalue weighted by Gasteiger charge is 2.35. The third-order valence-corrected chi connectivity index (χ3v) is 3.84. The lowest BCUT2D eigenvalue weighted by atomic mass is 10.0. The van der Waals surface area contributed by atoms with Crippen molar-refractivity contribution in [1.82, 2.24) is 19.9 Å². The Labute approximate surface area is 99.2 Å². The molecule has 1 aromatic heterocycles. The van der Waals surface area contributed by atoms with Crippen molar-refractivity contribution in [3.63, 3.8) is 0 Å². The fourth-order valence-electron chi connectivity index (χ4n) is 2.78. The van der Waals surface area contributed by atoms with Crippen LogP contribution in [0.5, 0.6) is 0 Å². The van der Waals surface area contributed by atoms with E-state index in [-0.39, 0.29) is 5.69 Å². The molecule has 2 fully saturated rings. The van der Waals surface area contributed by atoms with Gasteiger partial charge in [-0.1, -0.05) is 18.1 Å². The molecule has 0 spiro atoms. The fourth-order valence-corrected chi connectivity index (χ4v) is 2.78. The maximum atomic E-state index is 10.7. The molecule has 1 aliphatic carbocycles. The molecule has 6 nitrogen and oxygen atoms in total. The highest BCUT2D eigenvalue weighted by molar-refractivity contribution is 5.84. The summed E-state index contributed by atoms with van der Waals surface area (Å²) in [6, 6.07) is 1.05. The monoisotopic (exact) mass is 236 g/mol. The van der Waals surface area contributed by atoms with Crippen LogP contribution in [0.4, 0.5) is 0 Å². The molecule has 0 bridgehead atoms. The third kappa shape index (κ3) is 1.93. The Hall–Kier alpha value is -1.43. The molecule has 1 aromatic rings. The van der Waals surface area contributed by atoms with Gasteiger partial charge in [0.2, 0.25) is 0 Å². The first-order valence-electron chi connectivity index (χ1n) is 6.13. The number of carboxylic acids is 1. The third-order valence-electron chi connectivity index (χ3n) is 3.84. The average Bonchev–Trinajstić information content (AvgIpc) is 2.84. The number of aromatic carboxylic acids is 1. The van der Waals surface area contributed by atoms with Gasteiger partial charge in [0.25, 0.3) is 0 Å². The maximum Gasteiger partial charge on any atom is 0.358 e. The summed E-state index contributed by atoms with van der Waals surface area (Å²) in [5, 5.41) is 16.3. The Balaban J connectivity index is 1.58. The fraction of sp³-hybridized carbons (Fsp3) is 0.727. The summed E-state index contributed by atoms with van der Waals surface area (Å²) < 4.78 is 1.69. The Morgan fingerprint density at radius 2 is 2.00 bits per heavy atom. The van der Waals surface area contributed by atoms with Gasteiger partial charge >= 0.3 is 5.97 Å². The van der Waals surface area contributed by atoms with E-state index in [2.05, 4.69) is 15.2 Å². The molecule has 2 aliphatic rings. The first-order chi connectivity index (χ1) is 8.24. The standard InChI is InChI=1S/C11H16N4O2/c16-11(17)10-7-15(13-12-10)9-5-14(6-9)8-3-1-2-4-8/h7-9H,1-6H2,(H,16,17). The lowest BCUT2D eigenvalue weighted by Crippen LogP contribution is -2.52. The predicted octanol–water partition coefficient (Wildman–Crippen LogP) is 0.776. The molecule has 0 radical (unpaired) electrons. The average molecular weight is 236 g/mol. The van der Waals surface area contributed by atoms with Crippen molar-refractivity contribution in [3.05, 3.63) is 11.9 Å². The van der Waals surface area contributed by atoms with Crippen LogP contribution in [0.15, 0.2) is 6.20 Å². The van der Waals surface area contributed by atoms with Crippen molar-refractivity contribution >= 4 is 5.97 Å². The van der Waals surface area contributed by atoms with E-state index >= 15 is 0 Å². The number of hydrogen-bond donors (Lipinski definition) is 1. The number of rotatable bonds is 3. The molecule has 6 heteroatoms. The van der Waals surface area contributed by atoms with Crippen LogP contribution in [0.1, 0.15) is 42.2 Å². The number of carboxylic acid groups (broad SMARTS) is 1. The summed E-state index contributed by atoms with van der Waals surface area (Å²) in [7, 11) is 0. The molecule has 1 saturated carbocycles. The first kappa shape index (κ1) is 10.7. The van der Waals surface area contributed by atoms with E-state index in [9.17, 15) is 4.79 Å². The molecule has 17 heavy (non-hydrogen) atoms. The summed E-state index contributed by atoms with van der Waals surface area (Å²) in [5.41, 5.74) is 0.0318. The van der Waals surface area contributed by atoms with E-state index in [1.807, 2.05) is 0 Å². The number of aromatic nitrogens is 3. The first-order valence-corrected chi connectivity index (χ1v) is 6.13. The van der Waals surface area contributed by atoms with Crippen molar-refractivity contribution < 1.29 is 9.90 Å². The van der Waals surface area contributed by atoms with Gasteiger partial charge in [0.15, 0.2) is 5.69 Å². The van der Waals surface area contributed by atoms with Crippen LogP contribution >= 0.6 is 0 Å². The molecule has 0 aromatic carbocycles.